The van der Waals surface area contributed by atoms with Gasteiger partial charge in [-0.2, -0.15) is 0 Å². The number of aromatic nitrogens is 2. The third-order valence-electron chi connectivity index (χ3n) is 5.75. The van der Waals surface area contributed by atoms with E-state index in [-0.39, 0.29) is 16.5 Å². The van der Waals surface area contributed by atoms with Crippen LogP contribution in [0.25, 0.3) is 11.5 Å². The Hall–Kier alpha value is -3.63. The van der Waals surface area contributed by atoms with Crippen molar-refractivity contribution in [3.05, 3.63) is 83.9 Å². The predicted molar refractivity (Wildman–Crippen MR) is 135 cm³/mol. The van der Waals surface area contributed by atoms with Crippen molar-refractivity contribution in [3.63, 3.8) is 0 Å². The van der Waals surface area contributed by atoms with Gasteiger partial charge in [0.25, 0.3) is 21.8 Å². The Balaban J connectivity index is 1.33. The fraction of sp³-hybridized carbons (Fsp3) is 0.160. The van der Waals surface area contributed by atoms with Crippen LogP contribution in [-0.2, 0) is 16.4 Å². The summed E-state index contributed by atoms with van der Waals surface area (Å²) in [6.07, 6.45) is 3.55. The van der Waals surface area contributed by atoms with E-state index >= 15 is 0 Å². The number of hydrogen-bond acceptors (Lipinski definition) is 7. The van der Waals surface area contributed by atoms with E-state index in [4.69, 9.17) is 4.42 Å². The summed E-state index contributed by atoms with van der Waals surface area (Å²) in [7, 11) is -3.75. The molecule has 0 fully saturated rings. The highest BCUT2D eigenvalue weighted by molar-refractivity contribution is 7.98. The molecule has 0 unspecified atom stereocenters. The number of carbonyl (C=O) groups is 1. The van der Waals surface area contributed by atoms with Crippen LogP contribution in [0.1, 0.15) is 22.3 Å². The summed E-state index contributed by atoms with van der Waals surface area (Å²) < 4.78 is 33.7. The Bertz CT molecular complexity index is 1480. The molecule has 5 rings (SSSR count). The smallest absolute Gasteiger partial charge is 0.322 e. The van der Waals surface area contributed by atoms with E-state index in [0.29, 0.717) is 18.1 Å². The number of amides is 1. The maximum absolute atomic E-state index is 13.3. The molecule has 35 heavy (non-hydrogen) atoms. The second kappa shape index (κ2) is 9.55. The number of nitrogens with zero attached hydrogens (tertiary/aromatic N) is 3. The maximum Gasteiger partial charge on any atom is 0.322 e. The van der Waals surface area contributed by atoms with Gasteiger partial charge in [0.1, 0.15) is 0 Å². The van der Waals surface area contributed by atoms with Gasteiger partial charge in [-0.05, 0) is 67.1 Å². The molecule has 3 aromatic carbocycles. The molecule has 1 N–H and O–H groups in total. The fourth-order valence-electron chi connectivity index (χ4n) is 4.03. The number of thioether (sulfide) groups is 1. The van der Waals surface area contributed by atoms with Crippen molar-refractivity contribution in [2.75, 3.05) is 22.4 Å². The van der Waals surface area contributed by atoms with Crippen LogP contribution in [0, 0.1) is 0 Å². The summed E-state index contributed by atoms with van der Waals surface area (Å²) in [6.45, 7) is 0.417. The highest BCUT2D eigenvalue weighted by Gasteiger charge is 2.29. The van der Waals surface area contributed by atoms with E-state index in [2.05, 4.69) is 15.5 Å². The van der Waals surface area contributed by atoms with Gasteiger partial charge < -0.3 is 4.42 Å². The largest absolute Gasteiger partial charge is 0.403 e. The summed E-state index contributed by atoms with van der Waals surface area (Å²) in [5, 5.41) is 10.5. The van der Waals surface area contributed by atoms with E-state index < -0.39 is 15.9 Å². The summed E-state index contributed by atoms with van der Waals surface area (Å²) in [5.74, 6) is -0.181. The molecular formula is C25H22N4O4S2. The van der Waals surface area contributed by atoms with Gasteiger partial charge in [0.2, 0.25) is 0 Å². The molecule has 1 aromatic heterocycles. The topological polar surface area (TPSA) is 105 Å². The van der Waals surface area contributed by atoms with Gasteiger partial charge >= 0.3 is 6.01 Å². The first kappa shape index (κ1) is 23.1. The monoisotopic (exact) mass is 506 g/mol. The van der Waals surface area contributed by atoms with Gasteiger partial charge in [0.05, 0.1) is 16.1 Å². The van der Waals surface area contributed by atoms with Gasteiger partial charge in [0, 0.05) is 17.0 Å². The Morgan fingerprint density at radius 1 is 1.00 bits per heavy atom. The zero-order chi connectivity index (χ0) is 24.4. The lowest BCUT2D eigenvalue weighted by atomic mass is 10.0. The quantitative estimate of drug-likeness (QED) is 0.373. The second-order valence-corrected chi connectivity index (χ2v) is 10.6. The molecular weight excluding hydrogens is 484 g/mol. The normalized spacial score (nSPS) is 13.3. The van der Waals surface area contributed by atoms with Crippen molar-refractivity contribution < 1.29 is 17.6 Å². The van der Waals surface area contributed by atoms with Crippen LogP contribution in [-0.4, -0.2) is 37.3 Å². The lowest BCUT2D eigenvalue weighted by Crippen LogP contribution is -2.35. The van der Waals surface area contributed by atoms with Crippen molar-refractivity contribution in [3.8, 4) is 11.5 Å². The molecule has 1 aliphatic heterocycles. The van der Waals surface area contributed by atoms with E-state index in [0.717, 1.165) is 28.9 Å². The van der Waals surface area contributed by atoms with E-state index in [1.54, 1.807) is 11.8 Å². The molecule has 1 aliphatic rings. The number of aryl methyl sites for hydroxylation is 1. The summed E-state index contributed by atoms with van der Waals surface area (Å²) in [4.78, 5) is 13.8. The third-order valence-corrected chi connectivity index (χ3v) is 8.38. The van der Waals surface area contributed by atoms with Crippen LogP contribution in [0.4, 0.5) is 11.7 Å². The van der Waals surface area contributed by atoms with Gasteiger partial charge in [0.15, 0.2) is 0 Å². The van der Waals surface area contributed by atoms with Crippen molar-refractivity contribution in [2.24, 2.45) is 0 Å². The number of benzene rings is 3. The zero-order valence-corrected chi connectivity index (χ0v) is 20.5. The average molecular weight is 507 g/mol. The Morgan fingerprint density at radius 2 is 1.74 bits per heavy atom. The number of sulfonamides is 1. The van der Waals surface area contributed by atoms with Crippen molar-refractivity contribution in [1.29, 1.82) is 0 Å². The molecule has 0 spiro atoms. The van der Waals surface area contributed by atoms with Crippen LogP contribution in [0.3, 0.4) is 0 Å². The number of para-hydroxylation sites is 1. The molecule has 0 saturated carbocycles. The number of nitrogens with one attached hydrogen (secondary N) is 1. The van der Waals surface area contributed by atoms with Crippen molar-refractivity contribution in [2.45, 2.75) is 22.6 Å². The molecule has 178 valence electrons. The van der Waals surface area contributed by atoms with Gasteiger partial charge in [-0.25, -0.2) is 8.42 Å². The molecule has 2 heterocycles. The third kappa shape index (κ3) is 4.54. The predicted octanol–water partition coefficient (Wildman–Crippen LogP) is 4.85. The Labute approximate surface area is 207 Å². The summed E-state index contributed by atoms with van der Waals surface area (Å²) in [6, 6.07) is 20.9. The molecule has 10 heteroatoms. The highest BCUT2D eigenvalue weighted by atomic mass is 32.2. The second-order valence-electron chi connectivity index (χ2n) is 7.90. The SMILES string of the molecule is CSc1ccccc1-c1nnc(NC(=O)c2ccc(S(=O)(=O)N3CCCc4ccccc43)cc2)o1. The Morgan fingerprint density at radius 3 is 2.54 bits per heavy atom. The number of anilines is 2. The van der Waals surface area contributed by atoms with E-state index in [1.165, 1.54) is 28.6 Å². The lowest BCUT2D eigenvalue weighted by Gasteiger charge is -2.30. The van der Waals surface area contributed by atoms with Crippen LogP contribution in [0.5, 0.6) is 0 Å². The average Bonchev–Trinajstić information content (AvgIpc) is 3.36. The first-order valence-corrected chi connectivity index (χ1v) is 13.6. The summed E-state index contributed by atoms with van der Waals surface area (Å²) in [5.41, 5.74) is 2.77. The minimum absolute atomic E-state index is 0.0393. The van der Waals surface area contributed by atoms with Gasteiger partial charge in [-0.1, -0.05) is 35.4 Å². The summed E-state index contributed by atoms with van der Waals surface area (Å²) >= 11 is 1.55. The molecule has 8 nitrogen and oxygen atoms in total. The van der Waals surface area contributed by atoms with E-state index in [1.807, 2.05) is 54.8 Å². The fourth-order valence-corrected chi connectivity index (χ4v) is 6.16. The lowest BCUT2D eigenvalue weighted by molar-refractivity contribution is 0.102. The van der Waals surface area contributed by atoms with E-state index in [9.17, 15) is 13.2 Å². The number of carbonyl (C=O) groups excluding carboxylic acids is 1. The minimum atomic E-state index is -3.75. The maximum atomic E-state index is 13.3. The molecule has 4 aromatic rings. The standard InChI is InChI=1S/C25H22N4O4S2/c1-34-22-11-5-3-9-20(22)24-27-28-25(33-24)26-23(30)18-12-14-19(15-13-18)35(31,32)29-16-6-8-17-7-2-4-10-21(17)29/h2-5,7,9-15H,6,8,16H2,1H3,(H,26,28,30). The number of hydrogen-bond donors (Lipinski definition) is 1. The molecule has 0 bridgehead atoms. The molecule has 0 aliphatic carbocycles. The molecule has 0 radical (unpaired) electrons. The first-order valence-electron chi connectivity index (χ1n) is 11.0. The van der Waals surface area contributed by atoms with Gasteiger partial charge in [-0.15, -0.1) is 16.9 Å². The van der Waals surface area contributed by atoms with Crippen LogP contribution in [0.2, 0.25) is 0 Å². The Kier molecular flexibility index (Phi) is 6.31. The molecule has 1 amide bonds. The van der Waals surface area contributed by atoms with Gasteiger partial charge in [-0.3, -0.25) is 14.4 Å². The zero-order valence-electron chi connectivity index (χ0n) is 18.8. The minimum Gasteiger partial charge on any atom is -0.403 e. The number of fused-ring (bicyclic) bond motifs is 1. The van der Waals surface area contributed by atoms with Crippen molar-refractivity contribution in [1.82, 2.24) is 10.2 Å². The van der Waals surface area contributed by atoms with Crippen LogP contribution >= 0.6 is 11.8 Å². The van der Waals surface area contributed by atoms with Crippen molar-refractivity contribution >= 4 is 39.4 Å². The first-order chi connectivity index (χ1) is 17.0. The number of rotatable bonds is 6. The van der Waals surface area contributed by atoms with Crippen LogP contribution in [0.15, 0.2) is 87.0 Å². The molecule has 0 atom stereocenters. The van der Waals surface area contributed by atoms with Crippen LogP contribution < -0.4 is 9.62 Å². The molecule has 0 saturated heterocycles. The highest BCUT2D eigenvalue weighted by Crippen LogP contribution is 2.32.